The SMILES string of the molecule is Cn1c(SCc2noc(-c3ccsc3)n2)nnc1-c1ccsc1. The molecule has 4 aromatic heterocycles. The van der Waals surface area contributed by atoms with Gasteiger partial charge < -0.3 is 9.09 Å². The van der Waals surface area contributed by atoms with E-state index in [9.17, 15) is 0 Å². The van der Waals surface area contributed by atoms with Crippen molar-refractivity contribution in [1.82, 2.24) is 24.9 Å². The van der Waals surface area contributed by atoms with Gasteiger partial charge in [-0.05, 0) is 22.9 Å². The molecule has 0 radical (unpaired) electrons. The van der Waals surface area contributed by atoms with Gasteiger partial charge in [0, 0.05) is 23.4 Å². The molecule has 116 valence electrons. The van der Waals surface area contributed by atoms with Gasteiger partial charge in [-0.25, -0.2) is 0 Å². The summed E-state index contributed by atoms with van der Waals surface area (Å²) >= 11 is 4.79. The van der Waals surface area contributed by atoms with Crippen LogP contribution in [0.25, 0.3) is 22.8 Å². The molecule has 0 spiro atoms. The van der Waals surface area contributed by atoms with Crippen LogP contribution in [0.4, 0.5) is 0 Å². The molecule has 6 nitrogen and oxygen atoms in total. The summed E-state index contributed by atoms with van der Waals surface area (Å²) in [5.74, 6) is 2.65. The Bertz CT molecular complexity index is 895. The summed E-state index contributed by atoms with van der Waals surface area (Å²) in [6, 6.07) is 4.00. The molecule has 0 fully saturated rings. The van der Waals surface area contributed by atoms with Crippen molar-refractivity contribution in [2.75, 3.05) is 0 Å². The minimum absolute atomic E-state index is 0.554. The van der Waals surface area contributed by atoms with E-state index in [1.165, 1.54) is 11.8 Å². The molecule has 0 atom stereocenters. The molecular weight excluding hydrogens is 350 g/mol. The zero-order valence-electron chi connectivity index (χ0n) is 12.0. The highest BCUT2D eigenvalue weighted by molar-refractivity contribution is 7.98. The Balaban J connectivity index is 1.48. The first-order valence-electron chi connectivity index (χ1n) is 6.71. The van der Waals surface area contributed by atoms with Crippen molar-refractivity contribution in [3.05, 3.63) is 39.5 Å². The van der Waals surface area contributed by atoms with Gasteiger partial charge >= 0.3 is 0 Å². The summed E-state index contributed by atoms with van der Waals surface area (Å²) in [5, 5.41) is 21.4. The first kappa shape index (κ1) is 14.6. The van der Waals surface area contributed by atoms with Crippen LogP contribution >= 0.6 is 34.4 Å². The zero-order chi connectivity index (χ0) is 15.6. The first-order chi connectivity index (χ1) is 11.3. The van der Waals surface area contributed by atoms with Gasteiger partial charge in [0.05, 0.1) is 11.3 Å². The highest BCUT2D eigenvalue weighted by Gasteiger charge is 2.14. The van der Waals surface area contributed by atoms with Gasteiger partial charge in [0.25, 0.3) is 5.89 Å². The lowest BCUT2D eigenvalue weighted by molar-refractivity contribution is 0.425. The van der Waals surface area contributed by atoms with E-state index >= 15 is 0 Å². The molecule has 0 unspecified atom stereocenters. The average molecular weight is 361 g/mol. The average Bonchev–Trinajstić information content (AvgIpc) is 3.33. The van der Waals surface area contributed by atoms with Crippen LogP contribution < -0.4 is 0 Å². The maximum absolute atomic E-state index is 5.28. The minimum Gasteiger partial charge on any atom is -0.334 e. The third-order valence-corrected chi connectivity index (χ3v) is 5.56. The van der Waals surface area contributed by atoms with Crippen LogP contribution in [0.5, 0.6) is 0 Å². The smallest absolute Gasteiger partial charge is 0.258 e. The highest BCUT2D eigenvalue weighted by Crippen LogP contribution is 2.26. The van der Waals surface area contributed by atoms with Crippen molar-refractivity contribution in [2.24, 2.45) is 7.05 Å². The number of hydrogen-bond acceptors (Lipinski definition) is 8. The maximum Gasteiger partial charge on any atom is 0.258 e. The summed E-state index contributed by atoms with van der Waals surface area (Å²) in [6.07, 6.45) is 0. The van der Waals surface area contributed by atoms with Crippen LogP contribution in [0.1, 0.15) is 5.82 Å². The van der Waals surface area contributed by atoms with Crippen molar-refractivity contribution in [3.8, 4) is 22.8 Å². The Morgan fingerprint density at radius 1 is 1.13 bits per heavy atom. The number of thioether (sulfide) groups is 1. The Morgan fingerprint density at radius 3 is 2.65 bits per heavy atom. The second-order valence-electron chi connectivity index (χ2n) is 4.69. The summed E-state index contributed by atoms with van der Waals surface area (Å²) in [7, 11) is 1.96. The topological polar surface area (TPSA) is 69.6 Å². The molecule has 0 aliphatic rings. The summed E-state index contributed by atoms with van der Waals surface area (Å²) in [5.41, 5.74) is 2.04. The minimum atomic E-state index is 0.554. The molecule has 4 rings (SSSR count). The molecule has 0 aliphatic carbocycles. The van der Waals surface area contributed by atoms with Gasteiger partial charge in [-0.15, -0.1) is 10.2 Å². The number of hydrogen-bond donors (Lipinski definition) is 0. The number of rotatable bonds is 5. The maximum atomic E-state index is 5.28. The third kappa shape index (κ3) is 2.94. The van der Waals surface area contributed by atoms with Crippen LogP contribution in [0.15, 0.2) is 43.3 Å². The molecule has 4 heterocycles. The Hall–Kier alpha value is -1.97. The number of nitrogens with zero attached hydrogens (tertiary/aromatic N) is 5. The molecule has 0 saturated heterocycles. The molecule has 0 N–H and O–H groups in total. The van der Waals surface area contributed by atoms with Crippen LogP contribution in [-0.4, -0.2) is 24.9 Å². The van der Waals surface area contributed by atoms with E-state index in [2.05, 4.69) is 25.7 Å². The van der Waals surface area contributed by atoms with Crippen molar-refractivity contribution in [1.29, 1.82) is 0 Å². The normalized spacial score (nSPS) is 11.2. The molecule has 4 aromatic rings. The van der Waals surface area contributed by atoms with E-state index in [1.807, 2.05) is 39.9 Å². The lowest BCUT2D eigenvalue weighted by Gasteiger charge is -2.00. The number of thiophene rings is 2. The predicted octanol–water partition coefficient (Wildman–Crippen LogP) is 3.95. The van der Waals surface area contributed by atoms with Gasteiger partial charge in [0.2, 0.25) is 0 Å². The predicted molar refractivity (Wildman–Crippen MR) is 91.5 cm³/mol. The second kappa shape index (κ2) is 6.26. The van der Waals surface area contributed by atoms with E-state index in [4.69, 9.17) is 4.52 Å². The van der Waals surface area contributed by atoms with Crippen LogP contribution in [0.3, 0.4) is 0 Å². The molecule has 0 aliphatic heterocycles. The van der Waals surface area contributed by atoms with Gasteiger partial charge in [0.15, 0.2) is 16.8 Å². The summed E-state index contributed by atoms with van der Waals surface area (Å²) in [6.45, 7) is 0. The van der Waals surface area contributed by atoms with E-state index in [-0.39, 0.29) is 0 Å². The monoisotopic (exact) mass is 361 g/mol. The molecule has 0 bridgehead atoms. The molecule has 0 aromatic carbocycles. The molecule has 9 heteroatoms. The highest BCUT2D eigenvalue weighted by atomic mass is 32.2. The van der Waals surface area contributed by atoms with E-state index in [0.29, 0.717) is 17.5 Å². The fourth-order valence-corrected chi connectivity index (χ4v) is 4.05. The van der Waals surface area contributed by atoms with E-state index < -0.39 is 0 Å². The Morgan fingerprint density at radius 2 is 1.91 bits per heavy atom. The fourth-order valence-electron chi connectivity index (χ4n) is 2.03. The largest absolute Gasteiger partial charge is 0.334 e. The number of aromatic nitrogens is 5. The van der Waals surface area contributed by atoms with E-state index in [1.54, 1.807) is 22.7 Å². The van der Waals surface area contributed by atoms with E-state index in [0.717, 1.165) is 22.1 Å². The standard InChI is InChI=1S/C14H11N5OS3/c1-19-12(9-2-4-21-6-9)16-17-14(19)23-8-11-15-13(20-18-11)10-3-5-22-7-10/h2-7H,8H2,1H3. The van der Waals surface area contributed by atoms with Crippen molar-refractivity contribution in [2.45, 2.75) is 10.9 Å². The first-order valence-corrected chi connectivity index (χ1v) is 9.58. The molecule has 0 amide bonds. The van der Waals surface area contributed by atoms with Gasteiger partial charge in [-0.3, -0.25) is 0 Å². The van der Waals surface area contributed by atoms with Crippen LogP contribution in [-0.2, 0) is 12.8 Å². The van der Waals surface area contributed by atoms with Crippen molar-refractivity contribution in [3.63, 3.8) is 0 Å². The molecule has 23 heavy (non-hydrogen) atoms. The van der Waals surface area contributed by atoms with Gasteiger partial charge in [-0.1, -0.05) is 16.9 Å². The molecular formula is C14H11N5OS3. The summed E-state index contributed by atoms with van der Waals surface area (Å²) < 4.78 is 7.26. The third-order valence-electron chi connectivity index (χ3n) is 3.18. The van der Waals surface area contributed by atoms with Crippen LogP contribution in [0, 0.1) is 0 Å². The Kier molecular flexibility index (Phi) is 3.98. The van der Waals surface area contributed by atoms with Gasteiger partial charge in [-0.2, -0.15) is 27.7 Å². The molecule has 0 saturated carbocycles. The van der Waals surface area contributed by atoms with Gasteiger partial charge in [0.1, 0.15) is 0 Å². The fraction of sp³-hybridized carbons (Fsp3) is 0.143. The summed E-state index contributed by atoms with van der Waals surface area (Å²) in [4.78, 5) is 4.41. The lowest BCUT2D eigenvalue weighted by atomic mass is 10.3. The quantitative estimate of drug-likeness (QED) is 0.501. The second-order valence-corrected chi connectivity index (χ2v) is 7.20. The van der Waals surface area contributed by atoms with Crippen molar-refractivity contribution < 1.29 is 4.52 Å². The van der Waals surface area contributed by atoms with Crippen molar-refractivity contribution >= 4 is 34.4 Å². The Labute approximate surface area is 144 Å². The zero-order valence-corrected chi connectivity index (χ0v) is 14.5. The van der Waals surface area contributed by atoms with Crippen LogP contribution in [0.2, 0.25) is 0 Å². The lowest BCUT2D eigenvalue weighted by Crippen LogP contribution is -1.94.